The summed E-state index contributed by atoms with van der Waals surface area (Å²) >= 11 is 0. The molecular weight excluding hydrogens is 252 g/mol. The first-order chi connectivity index (χ1) is 9.80. The molecule has 20 heavy (non-hydrogen) atoms. The maximum atomic E-state index is 5.48. The van der Waals surface area contributed by atoms with Crippen LogP contribution in [0.4, 0.5) is 0 Å². The molecule has 0 aliphatic carbocycles. The normalized spacial score (nSPS) is 26.3. The minimum Gasteiger partial charge on any atom is -0.497 e. The highest BCUT2D eigenvalue weighted by Gasteiger charge is 2.34. The molecule has 0 spiro atoms. The Morgan fingerprint density at radius 3 is 2.90 bits per heavy atom. The van der Waals surface area contributed by atoms with Gasteiger partial charge in [-0.25, -0.2) is 0 Å². The van der Waals surface area contributed by atoms with Crippen LogP contribution < -0.4 is 14.8 Å². The summed E-state index contributed by atoms with van der Waals surface area (Å²) in [7, 11) is 3.44. The summed E-state index contributed by atoms with van der Waals surface area (Å²) in [6, 6.07) is 6.72. The second-order valence-electron chi connectivity index (χ2n) is 5.83. The van der Waals surface area contributed by atoms with Gasteiger partial charge >= 0.3 is 0 Å². The standard InChI is InChI=1S/C16H24N2O2/c1-19-14-5-6-16(20-2)13(8-14)10-18-9-12-4-3-7-17-15(12)11-18/h5-6,8,12,15,17H,3-4,7,9-11H2,1-2H3/t12-,15+/m0/s1. The van der Waals surface area contributed by atoms with Gasteiger partial charge in [0.1, 0.15) is 11.5 Å². The van der Waals surface area contributed by atoms with Crippen molar-refractivity contribution in [1.29, 1.82) is 0 Å². The largest absolute Gasteiger partial charge is 0.497 e. The smallest absolute Gasteiger partial charge is 0.123 e. The predicted octanol–water partition coefficient (Wildman–Crippen LogP) is 1.89. The molecule has 2 atom stereocenters. The van der Waals surface area contributed by atoms with Crippen LogP contribution in [-0.4, -0.2) is 44.8 Å². The van der Waals surface area contributed by atoms with Crippen molar-refractivity contribution in [3.05, 3.63) is 23.8 Å². The van der Waals surface area contributed by atoms with Crippen molar-refractivity contribution in [2.75, 3.05) is 33.9 Å². The lowest BCUT2D eigenvalue weighted by atomic mass is 9.94. The van der Waals surface area contributed by atoms with E-state index < -0.39 is 0 Å². The SMILES string of the molecule is COc1ccc(OC)c(CN2C[C@@H]3CCCN[C@@H]3C2)c1. The zero-order valence-corrected chi connectivity index (χ0v) is 12.4. The Bertz CT molecular complexity index is 450. The van der Waals surface area contributed by atoms with E-state index in [1.807, 2.05) is 12.1 Å². The van der Waals surface area contributed by atoms with Gasteiger partial charge in [-0.15, -0.1) is 0 Å². The van der Waals surface area contributed by atoms with Gasteiger partial charge in [0.15, 0.2) is 0 Å². The molecule has 2 aliphatic rings. The minimum atomic E-state index is 0.681. The molecule has 110 valence electrons. The number of ether oxygens (including phenoxy) is 2. The Morgan fingerprint density at radius 2 is 2.15 bits per heavy atom. The second-order valence-corrected chi connectivity index (χ2v) is 5.83. The molecule has 3 rings (SSSR count). The van der Waals surface area contributed by atoms with Crippen LogP contribution in [0.25, 0.3) is 0 Å². The molecule has 2 aliphatic heterocycles. The Hall–Kier alpha value is -1.26. The number of rotatable bonds is 4. The van der Waals surface area contributed by atoms with Crippen LogP contribution in [-0.2, 0) is 6.54 Å². The van der Waals surface area contributed by atoms with E-state index in [9.17, 15) is 0 Å². The first-order valence-corrected chi connectivity index (χ1v) is 7.47. The topological polar surface area (TPSA) is 33.7 Å². The average Bonchev–Trinajstić information content (AvgIpc) is 2.89. The first kappa shape index (κ1) is 13.7. The average molecular weight is 276 g/mol. The van der Waals surface area contributed by atoms with Crippen molar-refractivity contribution in [2.45, 2.75) is 25.4 Å². The summed E-state index contributed by atoms with van der Waals surface area (Å²) in [4.78, 5) is 2.53. The maximum Gasteiger partial charge on any atom is 0.123 e. The van der Waals surface area contributed by atoms with Gasteiger partial charge in [0.25, 0.3) is 0 Å². The lowest BCUT2D eigenvalue weighted by Gasteiger charge is -2.24. The van der Waals surface area contributed by atoms with Gasteiger partial charge < -0.3 is 14.8 Å². The summed E-state index contributed by atoms with van der Waals surface area (Å²) in [6.07, 6.45) is 2.68. The van der Waals surface area contributed by atoms with Crippen molar-refractivity contribution in [3.8, 4) is 11.5 Å². The minimum absolute atomic E-state index is 0.681. The number of methoxy groups -OCH3 is 2. The van der Waals surface area contributed by atoms with Crippen LogP contribution in [0.5, 0.6) is 11.5 Å². The molecule has 4 nitrogen and oxygen atoms in total. The molecule has 0 saturated carbocycles. The predicted molar refractivity (Wildman–Crippen MR) is 79.3 cm³/mol. The highest BCUT2D eigenvalue weighted by atomic mass is 16.5. The number of likely N-dealkylation sites (tertiary alicyclic amines) is 1. The number of piperidine rings is 1. The lowest BCUT2D eigenvalue weighted by Crippen LogP contribution is -2.40. The number of hydrogen-bond donors (Lipinski definition) is 1. The van der Waals surface area contributed by atoms with Crippen LogP contribution in [0.3, 0.4) is 0 Å². The highest BCUT2D eigenvalue weighted by Crippen LogP contribution is 2.30. The number of nitrogens with zero attached hydrogens (tertiary/aromatic N) is 1. The fraction of sp³-hybridized carbons (Fsp3) is 0.625. The third kappa shape index (κ3) is 2.76. The van der Waals surface area contributed by atoms with Crippen molar-refractivity contribution in [3.63, 3.8) is 0 Å². The van der Waals surface area contributed by atoms with Crippen molar-refractivity contribution in [2.24, 2.45) is 5.92 Å². The molecule has 2 saturated heterocycles. The maximum absolute atomic E-state index is 5.48. The molecule has 2 heterocycles. The van der Waals surface area contributed by atoms with Gasteiger partial charge in [0, 0.05) is 31.2 Å². The van der Waals surface area contributed by atoms with Crippen molar-refractivity contribution in [1.82, 2.24) is 10.2 Å². The quantitative estimate of drug-likeness (QED) is 0.910. The Labute approximate surface area is 121 Å². The fourth-order valence-electron chi connectivity index (χ4n) is 3.51. The van der Waals surface area contributed by atoms with E-state index in [2.05, 4.69) is 16.3 Å². The molecule has 2 fully saturated rings. The number of hydrogen-bond acceptors (Lipinski definition) is 4. The summed E-state index contributed by atoms with van der Waals surface area (Å²) in [6.45, 7) is 4.45. The zero-order valence-electron chi connectivity index (χ0n) is 12.4. The summed E-state index contributed by atoms with van der Waals surface area (Å²) < 4.78 is 10.8. The molecule has 1 N–H and O–H groups in total. The molecule has 0 unspecified atom stereocenters. The molecular formula is C16H24N2O2. The molecule has 0 radical (unpaired) electrons. The monoisotopic (exact) mass is 276 g/mol. The molecule has 1 aromatic rings. The van der Waals surface area contributed by atoms with E-state index in [0.29, 0.717) is 6.04 Å². The van der Waals surface area contributed by atoms with Gasteiger partial charge in [-0.3, -0.25) is 4.90 Å². The first-order valence-electron chi connectivity index (χ1n) is 7.47. The van der Waals surface area contributed by atoms with Crippen molar-refractivity contribution < 1.29 is 9.47 Å². The summed E-state index contributed by atoms with van der Waals surface area (Å²) in [5.74, 6) is 2.67. The molecule has 0 bridgehead atoms. The summed E-state index contributed by atoms with van der Waals surface area (Å²) in [5.41, 5.74) is 1.21. The van der Waals surface area contributed by atoms with E-state index >= 15 is 0 Å². The number of nitrogens with one attached hydrogen (secondary N) is 1. The molecule has 1 aromatic carbocycles. The molecule has 0 aromatic heterocycles. The second kappa shape index (κ2) is 6.02. The van der Waals surface area contributed by atoms with E-state index in [1.54, 1.807) is 14.2 Å². The van der Waals surface area contributed by atoms with E-state index in [0.717, 1.165) is 30.5 Å². The Kier molecular flexibility index (Phi) is 4.13. The van der Waals surface area contributed by atoms with Gasteiger partial charge in [0.05, 0.1) is 14.2 Å². The molecule has 4 heteroatoms. The van der Waals surface area contributed by atoms with Crippen LogP contribution in [0.2, 0.25) is 0 Å². The fourth-order valence-corrected chi connectivity index (χ4v) is 3.51. The van der Waals surface area contributed by atoms with E-state index in [1.165, 1.54) is 31.5 Å². The van der Waals surface area contributed by atoms with Crippen LogP contribution in [0, 0.1) is 5.92 Å². The number of fused-ring (bicyclic) bond motifs is 1. The van der Waals surface area contributed by atoms with Crippen LogP contribution in [0.1, 0.15) is 18.4 Å². The number of benzene rings is 1. The van der Waals surface area contributed by atoms with E-state index in [4.69, 9.17) is 9.47 Å². The van der Waals surface area contributed by atoms with Gasteiger partial charge in [-0.1, -0.05) is 0 Å². The third-order valence-corrected chi connectivity index (χ3v) is 4.56. The third-order valence-electron chi connectivity index (χ3n) is 4.56. The lowest BCUT2D eigenvalue weighted by molar-refractivity contribution is 0.304. The van der Waals surface area contributed by atoms with Gasteiger partial charge in [-0.2, -0.15) is 0 Å². The zero-order chi connectivity index (χ0) is 13.9. The Balaban J connectivity index is 1.71. The highest BCUT2D eigenvalue weighted by molar-refractivity contribution is 5.40. The van der Waals surface area contributed by atoms with Crippen molar-refractivity contribution >= 4 is 0 Å². The van der Waals surface area contributed by atoms with Gasteiger partial charge in [0.2, 0.25) is 0 Å². The van der Waals surface area contributed by atoms with Crippen LogP contribution in [0.15, 0.2) is 18.2 Å². The van der Waals surface area contributed by atoms with E-state index in [-0.39, 0.29) is 0 Å². The summed E-state index contributed by atoms with van der Waals surface area (Å²) in [5, 5.41) is 3.65. The van der Waals surface area contributed by atoms with Crippen LogP contribution >= 0.6 is 0 Å². The molecule has 0 amide bonds. The van der Waals surface area contributed by atoms with Gasteiger partial charge in [-0.05, 0) is 43.5 Å². The Morgan fingerprint density at radius 1 is 1.25 bits per heavy atom.